The van der Waals surface area contributed by atoms with Crippen LogP contribution in [-0.4, -0.2) is 28.2 Å². The summed E-state index contributed by atoms with van der Waals surface area (Å²) in [5.74, 6) is -0.408. The molecule has 0 atom stereocenters. The van der Waals surface area contributed by atoms with Crippen molar-refractivity contribution in [3.63, 3.8) is 0 Å². The molecular formula is C15H12N2O2. The van der Waals surface area contributed by atoms with Crippen molar-refractivity contribution in [3.8, 4) is 0 Å². The predicted molar refractivity (Wildman–Crippen MR) is 69.8 cm³/mol. The third kappa shape index (κ3) is 2.01. The Labute approximate surface area is 110 Å². The fourth-order valence-electron chi connectivity index (χ4n) is 2.23. The minimum absolute atomic E-state index is 0.204. The third-order valence-corrected chi connectivity index (χ3v) is 3.23. The molecule has 0 saturated heterocycles. The van der Waals surface area contributed by atoms with Crippen LogP contribution in [0.5, 0.6) is 0 Å². The third-order valence-electron chi connectivity index (χ3n) is 3.23. The molecule has 2 heterocycles. The molecule has 1 aromatic carbocycles. The number of benzene rings is 1. The predicted octanol–water partition coefficient (Wildman–Crippen LogP) is 1.92. The topological polar surface area (TPSA) is 50.3 Å². The van der Waals surface area contributed by atoms with Crippen LogP contribution in [0, 0.1) is 0 Å². The molecule has 0 N–H and O–H groups in total. The summed E-state index contributed by atoms with van der Waals surface area (Å²) in [5, 5.41) is 0. The number of pyridine rings is 1. The van der Waals surface area contributed by atoms with Gasteiger partial charge in [0.2, 0.25) is 0 Å². The number of rotatable bonds is 3. The highest BCUT2D eigenvalue weighted by Crippen LogP contribution is 2.22. The molecule has 4 heteroatoms. The van der Waals surface area contributed by atoms with E-state index in [0.29, 0.717) is 24.1 Å². The summed E-state index contributed by atoms with van der Waals surface area (Å²) in [4.78, 5) is 29.6. The number of hydrogen-bond acceptors (Lipinski definition) is 3. The average molecular weight is 252 g/mol. The van der Waals surface area contributed by atoms with E-state index in [1.807, 2.05) is 12.1 Å². The minimum atomic E-state index is -0.204. The zero-order valence-corrected chi connectivity index (χ0v) is 10.2. The van der Waals surface area contributed by atoms with E-state index in [1.165, 1.54) is 4.90 Å². The van der Waals surface area contributed by atoms with Crippen LogP contribution in [-0.2, 0) is 6.42 Å². The van der Waals surface area contributed by atoms with Gasteiger partial charge in [0.1, 0.15) is 0 Å². The number of carbonyl (C=O) groups excluding carboxylic acids is 2. The Morgan fingerprint density at radius 1 is 0.947 bits per heavy atom. The standard InChI is InChI=1S/C15H12N2O2/c18-14-12-5-1-2-6-13(12)15(19)17(14)9-7-11-4-3-8-16-10-11/h1-6,8,10H,7,9H2. The first-order valence-electron chi connectivity index (χ1n) is 6.11. The normalized spacial score (nSPS) is 13.8. The zero-order valence-electron chi connectivity index (χ0n) is 10.2. The van der Waals surface area contributed by atoms with E-state index >= 15 is 0 Å². The van der Waals surface area contributed by atoms with Gasteiger partial charge >= 0.3 is 0 Å². The summed E-state index contributed by atoms with van der Waals surface area (Å²) < 4.78 is 0. The molecule has 1 aliphatic heterocycles. The quantitative estimate of drug-likeness (QED) is 0.784. The summed E-state index contributed by atoms with van der Waals surface area (Å²) in [7, 11) is 0. The first-order valence-corrected chi connectivity index (χ1v) is 6.11. The van der Waals surface area contributed by atoms with E-state index in [-0.39, 0.29) is 11.8 Å². The van der Waals surface area contributed by atoms with Gasteiger partial charge in [0.05, 0.1) is 11.1 Å². The molecule has 3 rings (SSSR count). The fraction of sp³-hybridized carbons (Fsp3) is 0.133. The van der Waals surface area contributed by atoms with Crippen molar-refractivity contribution in [2.75, 3.05) is 6.54 Å². The van der Waals surface area contributed by atoms with E-state index in [4.69, 9.17) is 0 Å². The smallest absolute Gasteiger partial charge is 0.261 e. The molecule has 1 aromatic heterocycles. The summed E-state index contributed by atoms with van der Waals surface area (Å²) in [6, 6.07) is 10.7. The lowest BCUT2D eigenvalue weighted by Crippen LogP contribution is -2.31. The molecule has 0 bridgehead atoms. The van der Waals surface area contributed by atoms with Gasteiger partial charge in [0.25, 0.3) is 11.8 Å². The molecule has 4 nitrogen and oxygen atoms in total. The van der Waals surface area contributed by atoms with Crippen molar-refractivity contribution in [1.82, 2.24) is 9.88 Å². The van der Waals surface area contributed by atoms with Crippen LogP contribution in [0.4, 0.5) is 0 Å². The van der Waals surface area contributed by atoms with Gasteiger partial charge in [-0.05, 0) is 30.2 Å². The maximum Gasteiger partial charge on any atom is 0.261 e. The summed E-state index contributed by atoms with van der Waals surface area (Å²) in [5.41, 5.74) is 2.01. The molecule has 0 radical (unpaired) electrons. The van der Waals surface area contributed by atoms with Crippen molar-refractivity contribution < 1.29 is 9.59 Å². The Kier molecular flexibility index (Phi) is 2.83. The molecule has 2 aromatic rings. The highest BCUT2D eigenvalue weighted by Gasteiger charge is 2.34. The monoisotopic (exact) mass is 252 g/mol. The molecule has 0 unspecified atom stereocenters. The lowest BCUT2D eigenvalue weighted by Gasteiger charge is -2.13. The molecular weight excluding hydrogens is 240 g/mol. The molecule has 2 amide bonds. The van der Waals surface area contributed by atoms with E-state index in [1.54, 1.807) is 36.7 Å². The van der Waals surface area contributed by atoms with Crippen molar-refractivity contribution in [1.29, 1.82) is 0 Å². The number of aromatic nitrogens is 1. The van der Waals surface area contributed by atoms with E-state index in [9.17, 15) is 9.59 Å². The number of hydrogen-bond donors (Lipinski definition) is 0. The van der Waals surface area contributed by atoms with Gasteiger partial charge in [-0.3, -0.25) is 19.5 Å². The van der Waals surface area contributed by atoms with E-state index < -0.39 is 0 Å². The second-order valence-electron chi connectivity index (χ2n) is 4.42. The average Bonchev–Trinajstić information content (AvgIpc) is 2.71. The maximum absolute atomic E-state index is 12.1. The van der Waals surface area contributed by atoms with Crippen LogP contribution < -0.4 is 0 Å². The van der Waals surface area contributed by atoms with Crippen LogP contribution in [0.2, 0.25) is 0 Å². The van der Waals surface area contributed by atoms with Crippen molar-refractivity contribution in [3.05, 3.63) is 65.5 Å². The van der Waals surface area contributed by atoms with Gasteiger partial charge in [-0.25, -0.2) is 0 Å². The first kappa shape index (κ1) is 11.6. The van der Waals surface area contributed by atoms with Crippen molar-refractivity contribution in [2.24, 2.45) is 0 Å². The number of amides is 2. The number of carbonyl (C=O) groups is 2. The Morgan fingerprint density at radius 2 is 1.63 bits per heavy atom. The number of nitrogens with zero attached hydrogens (tertiary/aromatic N) is 2. The van der Waals surface area contributed by atoms with Crippen LogP contribution >= 0.6 is 0 Å². The van der Waals surface area contributed by atoms with Gasteiger partial charge < -0.3 is 0 Å². The van der Waals surface area contributed by atoms with Crippen molar-refractivity contribution >= 4 is 11.8 Å². The van der Waals surface area contributed by atoms with Crippen LogP contribution in [0.15, 0.2) is 48.8 Å². The van der Waals surface area contributed by atoms with E-state index in [0.717, 1.165) is 5.56 Å². The SMILES string of the molecule is O=C1c2ccccc2C(=O)N1CCc1cccnc1. The molecule has 19 heavy (non-hydrogen) atoms. The summed E-state index contributed by atoms with van der Waals surface area (Å²) in [6.07, 6.45) is 4.07. The Morgan fingerprint density at radius 3 is 2.21 bits per heavy atom. The highest BCUT2D eigenvalue weighted by atomic mass is 16.2. The lowest BCUT2D eigenvalue weighted by atomic mass is 10.1. The van der Waals surface area contributed by atoms with Gasteiger partial charge in [0.15, 0.2) is 0 Å². The van der Waals surface area contributed by atoms with Crippen LogP contribution in [0.1, 0.15) is 26.3 Å². The molecule has 0 aliphatic carbocycles. The number of imide groups is 1. The lowest BCUT2D eigenvalue weighted by molar-refractivity contribution is 0.0656. The fourth-order valence-corrected chi connectivity index (χ4v) is 2.23. The molecule has 94 valence electrons. The van der Waals surface area contributed by atoms with Gasteiger partial charge in [-0.15, -0.1) is 0 Å². The molecule has 1 aliphatic rings. The molecule has 0 saturated carbocycles. The number of fused-ring (bicyclic) bond motifs is 1. The minimum Gasteiger partial charge on any atom is -0.274 e. The Bertz CT molecular complexity index is 603. The van der Waals surface area contributed by atoms with Crippen LogP contribution in [0.3, 0.4) is 0 Å². The van der Waals surface area contributed by atoms with Gasteiger partial charge in [-0.1, -0.05) is 18.2 Å². The van der Waals surface area contributed by atoms with Crippen LogP contribution in [0.25, 0.3) is 0 Å². The summed E-state index contributed by atoms with van der Waals surface area (Å²) >= 11 is 0. The zero-order chi connectivity index (χ0) is 13.2. The van der Waals surface area contributed by atoms with Gasteiger partial charge in [0, 0.05) is 18.9 Å². The second kappa shape index (κ2) is 4.65. The second-order valence-corrected chi connectivity index (χ2v) is 4.42. The molecule has 0 fully saturated rings. The Balaban J connectivity index is 1.78. The largest absolute Gasteiger partial charge is 0.274 e. The van der Waals surface area contributed by atoms with E-state index in [2.05, 4.69) is 4.98 Å². The highest BCUT2D eigenvalue weighted by molar-refractivity contribution is 6.21. The van der Waals surface area contributed by atoms with Crippen molar-refractivity contribution in [2.45, 2.75) is 6.42 Å². The molecule has 0 spiro atoms. The van der Waals surface area contributed by atoms with Gasteiger partial charge in [-0.2, -0.15) is 0 Å². The first-order chi connectivity index (χ1) is 9.27. The maximum atomic E-state index is 12.1. The Hall–Kier alpha value is -2.49. The summed E-state index contributed by atoms with van der Waals surface area (Å²) in [6.45, 7) is 0.387.